The van der Waals surface area contributed by atoms with Gasteiger partial charge in [0.05, 0.1) is 44.1 Å². The number of aryl methyl sites for hydroxylation is 2. The van der Waals surface area contributed by atoms with E-state index in [0.29, 0.717) is 48.6 Å². The molecule has 5 heterocycles. The number of piperidine rings is 1. The molecule has 11 atom stereocenters. The zero-order chi connectivity index (χ0) is 29.8. The minimum absolute atomic E-state index is 0.00674. The Bertz CT molecular complexity index is 1250. The third kappa shape index (κ3) is 5.94. The van der Waals surface area contributed by atoms with E-state index in [-0.39, 0.29) is 40.3 Å². The number of ether oxygens (including phenoxy) is 2. The summed E-state index contributed by atoms with van der Waals surface area (Å²) in [6.45, 7) is 9.02. The molecule has 4 saturated heterocycles. The second kappa shape index (κ2) is 12.6. The van der Waals surface area contributed by atoms with Gasteiger partial charge >= 0.3 is 5.97 Å². The number of nitrogens with zero attached hydrogens (tertiary/aromatic N) is 3. The Morgan fingerprint density at radius 3 is 2.74 bits per heavy atom. The topological polar surface area (TPSA) is 106 Å². The molecule has 1 aromatic rings. The first kappa shape index (κ1) is 30.5. The van der Waals surface area contributed by atoms with E-state index in [2.05, 4.69) is 17.1 Å². The summed E-state index contributed by atoms with van der Waals surface area (Å²) >= 11 is 8.56. The number of thioether (sulfide) groups is 1. The van der Waals surface area contributed by atoms with Crippen LogP contribution >= 0.6 is 23.4 Å². The van der Waals surface area contributed by atoms with Crippen molar-refractivity contribution in [1.29, 1.82) is 0 Å². The molecule has 0 radical (unpaired) electrons. The maximum absolute atomic E-state index is 13.8. The van der Waals surface area contributed by atoms with E-state index in [1.807, 2.05) is 23.3 Å². The van der Waals surface area contributed by atoms with Crippen LogP contribution in [-0.2, 0) is 33.7 Å². The quantitative estimate of drug-likeness (QED) is 0.438. The van der Waals surface area contributed by atoms with E-state index < -0.39 is 5.97 Å². The van der Waals surface area contributed by atoms with E-state index in [1.165, 1.54) is 0 Å². The lowest BCUT2D eigenvalue weighted by molar-refractivity contribution is -0.142. The number of halogens is 1. The molecule has 9 nitrogen and oxygen atoms in total. The van der Waals surface area contributed by atoms with Gasteiger partial charge < -0.3 is 19.9 Å². The summed E-state index contributed by atoms with van der Waals surface area (Å²) in [6.07, 6.45) is 6.53. The van der Waals surface area contributed by atoms with Gasteiger partial charge in [0.15, 0.2) is 0 Å². The smallest absolute Gasteiger partial charge is 0.308 e. The van der Waals surface area contributed by atoms with E-state index in [4.69, 9.17) is 26.1 Å². The molecule has 1 saturated carbocycles. The fraction of sp³-hybridized carbons (Fsp3) is 0.844. The minimum atomic E-state index is -0.699. The average molecular weight is 635 g/mol. The lowest BCUT2D eigenvalue weighted by Crippen LogP contribution is -2.57. The van der Waals surface area contributed by atoms with Gasteiger partial charge in [0.1, 0.15) is 5.82 Å². The van der Waals surface area contributed by atoms with Gasteiger partial charge in [-0.05, 0) is 70.6 Å². The molecule has 0 spiro atoms. The summed E-state index contributed by atoms with van der Waals surface area (Å²) in [5.41, 5.74) is 2.00. The number of hydrogen-bond acceptors (Lipinski definition) is 8. The molecular formula is C32H47ClN4O5S. The SMILES string of the molecule is Cc1nc2c(c(=O)n1CCOC1CCC(Cl)CC1C1CC(C)NC3C(C(=O)O)CSC13)CC(N1CC3COCC3C1)CC2. The monoisotopic (exact) mass is 634 g/mol. The predicted molar refractivity (Wildman–Crippen MR) is 167 cm³/mol. The average Bonchev–Trinajstić information content (AvgIpc) is 3.70. The van der Waals surface area contributed by atoms with E-state index in [0.717, 1.165) is 88.3 Å². The highest BCUT2D eigenvalue weighted by molar-refractivity contribution is 8.00. The molecule has 5 fully saturated rings. The number of aliphatic carboxylic acids is 1. The van der Waals surface area contributed by atoms with Crippen molar-refractivity contribution in [2.24, 2.45) is 29.6 Å². The second-order valence-electron chi connectivity index (χ2n) is 14.2. The van der Waals surface area contributed by atoms with Crippen LogP contribution in [0.15, 0.2) is 4.79 Å². The van der Waals surface area contributed by atoms with Crippen molar-refractivity contribution < 1.29 is 19.4 Å². The molecule has 0 aromatic carbocycles. The number of likely N-dealkylation sites (tertiary alicyclic amines) is 1. The number of alkyl halides is 1. The fourth-order valence-corrected chi connectivity index (χ4v) is 11.5. The number of nitrogens with one attached hydrogen (secondary N) is 1. The van der Waals surface area contributed by atoms with Crippen LogP contribution in [-0.4, -0.2) is 99.0 Å². The van der Waals surface area contributed by atoms with Crippen LogP contribution in [0, 0.1) is 36.5 Å². The molecule has 6 aliphatic rings. The van der Waals surface area contributed by atoms with Crippen molar-refractivity contribution in [2.45, 2.75) is 100 Å². The van der Waals surface area contributed by atoms with Crippen molar-refractivity contribution in [3.8, 4) is 0 Å². The van der Waals surface area contributed by atoms with Crippen LogP contribution in [0.3, 0.4) is 0 Å². The van der Waals surface area contributed by atoms with Crippen LogP contribution in [0.2, 0.25) is 0 Å². The standard InChI is InChI=1S/C32H47ClN4O5S/c1-17-9-24(30-29(34-17)26(16-43-30)32(39)40)23-10-21(33)3-6-28(23)42-8-7-37-18(2)35-27-5-4-22(11-25(27)31(37)38)36-12-19-14-41-15-20(19)13-36/h17,19-24,26,28-30,34H,3-16H2,1-2H3,(H,39,40). The summed E-state index contributed by atoms with van der Waals surface area (Å²) in [7, 11) is 0. The number of hydrogen-bond donors (Lipinski definition) is 2. The fourth-order valence-electron chi connectivity index (χ4n) is 9.32. The zero-order valence-electron chi connectivity index (χ0n) is 25.5. The van der Waals surface area contributed by atoms with Crippen molar-refractivity contribution in [3.63, 3.8) is 0 Å². The van der Waals surface area contributed by atoms with Gasteiger partial charge in [-0.1, -0.05) is 0 Å². The second-order valence-corrected chi connectivity index (χ2v) is 16.0. The van der Waals surface area contributed by atoms with Crippen molar-refractivity contribution >= 4 is 29.3 Å². The van der Waals surface area contributed by atoms with Crippen molar-refractivity contribution in [3.05, 3.63) is 27.4 Å². The number of rotatable bonds is 7. The summed E-state index contributed by atoms with van der Waals surface area (Å²) < 4.78 is 14.2. The van der Waals surface area contributed by atoms with Gasteiger partial charge in [0, 0.05) is 65.0 Å². The molecule has 1 aromatic heterocycles. The highest BCUT2D eigenvalue weighted by Crippen LogP contribution is 2.48. The Balaban J connectivity index is 1.02. The van der Waals surface area contributed by atoms with E-state index in [1.54, 1.807) is 0 Å². The Morgan fingerprint density at radius 2 is 1.98 bits per heavy atom. The summed E-state index contributed by atoms with van der Waals surface area (Å²) in [5, 5.41) is 13.8. The van der Waals surface area contributed by atoms with Crippen molar-refractivity contribution in [1.82, 2.24) is 19.8 Å². The normalized spacial score (nSPS) is 41.1. The maximum atomic E-state index is 13.8. The Labute approximate surface area is 263 Å². The first-order valence-corrected chi connectivity index (χ1v) is 18.0. The van der Waals surface area contributed by atoms with Gasteiger partial charge in [-0.25, -0.2) is 4.98 Å². The molecule has 11 heteroatoms. The number of carboxylic acid groups (broad SMARTS) is 1. The third-order valence-corrected chi connectivity index (χ3v) is 13.5. The van der Waals surface area contributed by atoms with Crippen LogP contribution in [0.4, 0.5) is 0 Å². The highest BCUT2D eigenvalue weighted by Gasteiger charge is 2.51. The van der Waals surface area contributed by atoms with Crippen LogP contribution < -0.4 is 10.9 Å². The van der Waals surface area contributed by atoms with Gasteiger partial charge in [-0.15, -0.1) is 11.6 Å². The van der Waals surface area contributed by atoms with Gasteiger partial charge in [-0.2, -0.15) is 11.8 Å². The molecule has 238 valence electrons. The first-order valence-electron chi connectivity index (χ1n) is 16.5. The van der Waals surface area contributed by atoms with Gasteiger partial charge in [0.25, 0.3) is 5.56 Å². The van der Waals surface area contributed by atoms with Crippen LogP contribution in [0.5, 0.6) is 0 Å². The highest BCUT2D eigenvalue weighted by atomic mass is 35.5. The predicted octanol–water partition coefficient (Wildman–Crippen LogP) is 2.96. The van der Waals surface area contributed by atoms with Crippen molar-refractivity contribution in [2.75, 3.05) is 38.7 Å². The molecular weight excluding hydrogens is 588 g/mol. The molecule has 11 unspecified atom stereocenters. The number of fused-ring (bicyclic) bond motifs is 3. The zero-order valence-corrected chi connectivity index (χ0v) is 27.0. The lowest BCUT2D eigenvalue weighted by atomic mass is 9.70. The molecule has 7 rings (SSSR count). The van der Waals surface area contributed by atoms with Gasteiger partial charge in [0.2, 0.25) is 0 Å². The third-order valence-electron chi connectivity index (χ3n) is 11.5. The first-order chi connectivity index (χ1) is 20.8. The molecule has 0 bridgehead atoms. The summed E-state index contributed by atoms with van der Waals surface area (Å²) in [6, 6.07) is 0.674. The Kier molecular flexibility index (Phi) is 8.90. The van der Waals surface area contributed by atoms with E-state index >= 15 is 0 Å². The number of carbonyl (C=O) groups is 1. The molecule has 2 N–H and O–H groups in total. The van der Waals surface area contributed by atoms with E-state index in [9.17, 15) is 14.7 Å². The summed E-state index contributed by atoms with van der Waals surface area (Å²) in [4.78, 5) is 33.3. The van der Waals surface area contributed by atoms with Crippen LogP contribution in [0.25, 0.3) is 0 Å². The van der Waals surface area contributed by atoms with Crippen LogP contribution in [0.1, 0.15) is 56.1 Å². The Morgan fingerprint density at radius 1 is 1.19 bits per heavy atom. The van der Waals surface area contributed by atoms with Gasteiger partial charge in [-0.3, -0.25) is 19.1 Å². The molecule has 2 aliphatic carbocycles. The minimum Gasteiger partial charge on any atom is -0.481 e. The number of carboxylic acids is 1. The largest absolute Gasteiger partial charge is 0.481 e. The summed E-state index contributed by atoms with van der Waals surface area (Å²) in [5.74, 6) is 2.34. The lowest BCUT2D eigenvalue weighted by Gasteiger charge is -2.47. The Hall–Kier alpha value is -1.17. The number of aromatic nitrogens is 2. The molecule has 43 heavy (non-hydrogen) atoms. The maximum Gasteiger partial charge on any atom is 0.308 e. The molecule has 4 aliphatic heterocycles. The molecule has 0 amide bonds.